The number of nitrogens with one attached hydrogen (secondary N) is 1. The van der Waals surface area contributed by atoms with E-state index >= 15 is 0 Å². The van der Waals surface area contributed by atoms with Gasteiger partial charge in [0, 0.05) is 42.4 Å². The Bertz CT molecular complexity index is 477. The van der Waals surface area contributed by atoms with Crippen molar-refractivity contribution in [1.29, 1.82) is 0 Å². The molecule has 110 valence electrons. The first kappa shape index (κ1) is 15.5. The van der Waals surface area contributed by atoms with Crippen LogP contribution in [0, 0.1) is 6.92 Å². The van der Waals surface area contributed by atoms with Gasteiger partial charge in [-0.1, -0.05) is 17.7 Å². The van der Waals surface area contributed by atoms with Crippen LogP contribution in [0.5, 0.6) is 0 Å². The molecule has 6 heteroatoms. The van der Waals surface area contributed by atoms with E-state index in [1.165, 1.54) is 0 Å². The van der Waals surface area contributed by atoms with Gasteiger partial charge in [0.15, 0.2) is 0 Å². The summed E-state index contributed by atoms with van der Waals surface area (Å²) in [4.78, 5) is 12.2. The molecule has 20 heavy (non-hydrogen) atoms. The molecule has 4 nitrogen and oxygen atoms in total. The van der Waals surface area contributed by atoms with Crippen LogP contribution in [0.3, 0.4) is 0 Å². The van der Waals surface area contributed by atoms with Gasteiger partial charge in [0.25, 0.3) is 5.91 Å². The highest BCUT2D eigenvalue weighted by molar-refractivity contribution is 7.99. The molecule has 0 spiro atoms. The predicted octanol–water partition coefficient (Wildman–Crippen LogP) is 2.48. The number of amides is 1. The number of thioether (sulfide) groups is 1. The maximum atomic E-state index is 12.2. The average molecular weight is 314 g/mol. The number of hydrazine groups is 1. The molecule has 0 atom stereocenters. The summed E-state index contributed by atoms with van der Waals surface area (Å²) in [5, 5.41) is 7.67. The van der Waals surface area contributed by atoms with E-state index in [0.29, 0.717) is 5.02 Å². The van der Waals surface area contributed by atoms with Crippen LogP contribution < -0.4 is 5.32 Å². The van der Waals surface area contributed by atoms with Gasteiger partial charge in [-0.05, 0) is 24.6 Å². The molecular formula is C14H20ClN3OS. The van der Waals surface area contributed by atoms with Crippen LogP contribution in [0.1, 0.15) is 5.56 Å². The minimum absolute atomic E-state index is 0.0660. The first-order valence-corrected chi connectivity index (χ1v) is 8.20. The number of anilines is 1. The van der Waals surface area contributed by atoms with Crippen molar-refractivity contribution < 1.29 is 4.79 Å². The molecular weight excluding hydrogens is 294 g/mol. The standard InChI is InChI=1S/C14H20ClN3OS/c1-11-3-4-12(15)9-13(11)16-10-14(19)17(2)18-5-7-20-8-6-18/h3-4,9,16H,5-8,10H2,1-2H3. The molecule has 1 aliphatic heterocycles. The molecule has 1 saturated heterocycles. The summed E-state index contributed by atoms with van der Waals surface area (Å²) in [6.45, 7) is 4.14. The summed E-state index contributed by atoms with van der Waals surface area (Å²) in [6, 6.07) is 5.64. The molecule has 0 bridgehead atoms. The quantitative estimate of drug-likeness (QED) is 0.926. The van der Waals surface area contributed by atoms with Crippen molar-refractivity contribution in [2.24, 2.45) is 0 Å². The number of aryl methyl sites for hydroxylation is 1. The fourth-order valence-electron chi connectivity index (χ4n) is 2.08. The predicted molar refractivity (Wildman–Crippen MR) is 86.3 cm³/mol. The van der Waals surface area contributed by atoms with Crippen molar-refractivity contribution in [3.63, 3.8) is 0 Å². The molecule has 0 unspecified atom stereocenters. The number of benzene rings is 1. The van der Waals surface area contributed by atoms with Gasteiger partial charge in [-0.25, -0.2) is 5.01 Å². The monoisotopic (exact) mass is 313 g/mol. The Labute approximate surface area is 129 Å². The van der Waals surface area contributed by atoms with Crippen LogP contribution in [0.15, 0.2) is 18.2 Å². The number of carbonyl (C=O) groups is 1. The van der Waals surface area contributed by atoms with Gasteiger partial charge in [0.1, 0.15) is 0 Å². The van der Waals surface area contributed by atoms with Crippen LogP contribution in [-0.2, 0) is 4.79 Å². The van der Waals surface area contributed by atoms with E-state index in [-0.39, 0.29) is 12.5 Å². The third-order valence-corrected chi connectivity index (χ3v) is 4.58. The maximum absolute atomic E-state index is 12.2. The van der Waals surface area contributed by atoms with E-state index in [9.17, 15) is 4.79 Å². The van der Waals surface area contributed by atoms with E-state index in [4.69, 9.17) is 11.6 Å². The lowest BCUT2D eigenvalue weighted by atomic mass is 10.2. The van der Waals surface area contributed by atoms with Gasteiger partial charge in [0.05, 0.1) is 6.54 Å². The van der Waals surface area contributed by atoms with Gasteiger partial charge in [-0.3, -0.25) is 9.80 Å². The molecule has 1 aromatic carbocycles. The van der Waals surface area contributed by atoms with Gasteiger partial charge in [-0.2, -0.15) is 11.8 Å². The van der Waals surface area contributed by atoms with E-state index in [1.807, 2.05) is 43.9 Å². The molecule has 0 saturated carbocycles. The summed E-state index contributed by atoms with van der Waals surface area (Å²) in [6.07, 6.45) is 0. The highest BCUT2D eigenvalue weighted by Crippen LogP contribution is 2.20. The number of hydrogen-bond acceptors (Lipinski definition) is 4. The lowest BCUT2D eigenvalue weighted by Gasteiger charge is -2.34. The van der Waals surface area contributed by atoms with Crippen molar-refractivity contribution >= 4 is 35.0 Å². The zero-order valence-corrected chi connectivity index (χ0v) is 13.4. The minimum atomic E-state index is 0.0660. The zero-order valence-electron chi connectivity index (χ0n) is 11.9. The Kier molecular flexibility index (Phi) is 5.57. The minimum Gasteiger partial charge on any atom is -0.376 e. The van der Waals surface area contributed by atoms with Gasteiger partial charge < -0.3 is 5.32 Å². The first-order valence-electron chi connectivity index (χ1n) is 6.67. The molecule has 0 aromatic heterocycles. The summed E-state index contributed by atoms with van der Waals surface area (Å²) < 4.78 is 0. The lowest BCUT2D eigenvalue weighted by Crippen LogP contribution is -2.49. The molecule has 1 heterocycles. The Hall–Kier alpha value is -0.910. The topological polar surface area (TPSA) is 35.6 Å². The third kappa shape index (κ3) is 4.04. The Balaban J connectivity index is 1.89. The van der Waals surface area contributed by atoms with Gasteiger partial charge >= 0.3 is 0 Å². The van der Waals surface area contributed by atoms with Crippen LogP contribution >= 0.6 is 23.4 Å². The summed E-state index contributed by atoms with van der Waals surface area (Å²) in [5.74, 6) is 2.23. The van der Waals surface area contributed by atoms with Crippen LogP contribution in [-0.4, -0.2) is 54.1 Å². The SMILES string of the molecule is Cc1ccc(Cl)cc1NCC(=O)N(C)N1CCSCC1. The highest BCUT2D eigenvalue weighted by atomic mass is 35.5. The van der Waals surface area contributed by atoms with Crippen LogP contribution in [0.2, 0.25) is 5.02 Å². The van der Waals surface area contributed by atoms with Crippen molar-refractivity contribution in [2.75, 3.05) is 43.5 Å². The van der Waals surface area contributed by atoms with Gasteiger partial charge in [0.2, 0.25) is 0 Å². The Morgan fingerprint density at radius 1 is 1.45 bits per heavy atom. The molecule has 1 aliphatic rings. The fourth-order valence-corrected chi connectivity index (χ4v) is 3.14. The molecule has 1 aromatic rings. The number of rotatable bonds is 4. The molecule has 0 radical (unpaired) electrons. The number of likely N-dealkylation sites (N-methyl/N-ethyl adjacent to an activating group) is 1. The average Bonchev–Trinajstić information content (AvgIpc) is 2.48. The summed E-state index contributed by atoms with van der Waals surface area (Å²) >= 11 is 7.90. The highest BCUT2D eigenvalue weighted by Gasteiger charge is 2.19. The van der Waals surface area contributed by atoms with Crippen LogP contribution in [0.4, 0.5) is 5.69 Å². The Morgan fingerprint density at radius 3 is 2.85 bits per heavy atom. The van der Waals surface area contributed by atoms with Crippen molar-refractivity contribution in [1.82, 2.24) is 10.0 Å². The maximum Gasteiger partial charge on any atom is 0.255 e. The second-order valence-electron chi connectivity index (χ2n) is 4.80. The summed E-state index contributed by atoms with van der Waals surface area (Å²) in [7, 11) is 1.84. The number of halogens is 1. The molecule has 2 rings (SSSR count). The van der Waals surface area contributed by atoms with E-state index in [2.05, 4.69) is 10.3 Å². The number of hydrogen-bond donors (Lipinski definition) is 1. The normalized spacial score (nSPS) is 15.9. The molecule has 1 amide bonds. The lowest BCUT2D eigenvalue weighted by molar-refractivity contribution is -0.143. The molecule has 0 aliphatic carbocycles. The molecule has 1 fully saturated rings. The second kappa shape index (κ2) is 7.20. The first-order chi connectivity index (χ1) is 9.58. The fraction of sp³-hybridized carbons (Fsp3) is 0.500. The number of nitrogens with zero attached hydrogens (tertiary/aromatic N) is 2. The van der Waals surface area contributed by atoms with Crippen molar-refractivity contribution in [3.8, 4) is 0 Å². The smallest absolute Gasteiger partial charge is 0.255 e. The van der Waals surface area contributed by atoms with E-state index in [1.54, 1.807) is 5.01 Å². The summed E-state index contributed by atoms with van der Waals surface area (Å²) in [5.41, 5.74) is 1.99. The Morgan fingerprint density at radius 2 is 2.15 bits per heavy atom. The molecule has 1 N–H and O–H groups in total. The van der Waals surface area contributed by atoms with Crippen LogP contribution in [0.25, 0.3) is 0 Å². The zero-order chi connectivity index (χ0) is 14.5. The van der Waals surface area contributed by atoms with Gasteiger partial charge in [-0.15, -0.1) is 0 Å². The van der Waals surface area contributed by atoms with E-state index in [0.717, 1.165) is 35.8 Å². The van der Waals surface area contributed by atoms with Crippen molar-refractivity contribution in [3.05, 3.63) is 28.8 Å². The van der Waals surface area contributed by atoms with E-state index < -0.39 is 0 Å². The number of carbonyl (C=O) groups excluding carboxylic acids is 1. The largest absolute Gasteiger partial charge is 0.376 e. The van der Waals surface area contributed by atoms with Crippen molar-refractivity contribution in [2.45, 2.75) is 6.92 Å². The second-order valence-corrected chi connectivity index (χ2v) is 6.46. The third-order valence-electron chi connectivity index (χ3n) is 3.40.